The highest BCUT2D eigenvalue weighted by molar-refractivity contribution is 7.99. The first kappa shape index (κ1) is 43.3. The normalized spacial score (nSPS) is 10.7. The molecular formula is C31H29F3N16O6S2. The second-order valence-corrected chi connectivity index (χ2v) is 12.8. The number of benzene rings is 1. The van der Waals surface area contributed by atoms with Crippen LogP contribution in [0.25, 0.3) is 22.3 Å². The third-order valence-corrected chi connectivity index (χ3v) is 8.44. The van der Waals surface area contributed by atoms with E-state index < -0.39 is 45.0 Å². The van der Waals surface area contributed by atoms with Crippen molar-refractivity contribution in [2.24, 2.45) is 18.7 Å². The molecule has 7 aromatic rings. The van der Waals surface area contributed by atoms with Crippen LogP contribution in [0.1, 0.15) is 29.8 Å². The smallest absolute Gasteiger partial charge is 0.369 e. The molecule has 58 heavy (non-hydrogen) atoms. The Hall–Kier alpha value is -7.42. The summed E-state index contributed by atoms with van der Waals surface area (Å²) in [6.45, 7) is 3.15. The van der Waals surface area contributed by atoms with Crippen molar-refractivity contribution in [1.29, 1.82) is 0 Å². The van der Waals surface area contributed by atoms with Gasteiger partial charge < -0.3 is 46.4 Å². The summed E-state index contributed by atoms with van der Waals surface area (Å²) in [6.07, 6.45) is 3.97. The number of carbonyl (C=O) groups is 2. The molecule has 7 rings (SSSR count). The number of nitrogen functional groups attached to an aromatic ring is 1. The van der Waals surface area contributed by atoms with Crippen molar-refractivity contribution in [3.05, 3.63) is 104 Å². The molecular weight excluding hydrogens is 814 g/mol. The number of H-pyrrole nitrogens is 3. The minimum atomic E-state index is -4.86. The van der Waals surface area contributed by atoms with Crippen molar-refractivity contribution in [2.45, 2.75) is 30.1 Å². The number of amides is 2. The number of fused-ring (bicyclic) bond motifs is 2. The lowest BCUT2D eigenvalue weighted by Crippen LogP contribution is -2.18. The molecule has 27 heteroatoms. The fraction of sp³-hybridized carbons (Fsp3) is 0.161. The first-order valence-electron chi connectivity index (χ1n) is 15.9. The molecule has 0 aliphatic rings. The van der Waals surface area contributed by atoms with Crippen molar-refractivity contribution < 1.29 is 32.6 Å². The van der Waals surface area contributed by atoms with Crippen molar-refractivity contribution in [2.75, 3.05) is 11.1 Å². The van der Waals surface area contributed by atoms with Crippen LogP contribution in [0.5, 0.6) is 0 Å². The van der Waals surface area contributed by atoms with E-state index in [1.54, 1.807) is 43.8 Å². The maximum absolute atomic E-state index is 12.7. The number of aryl methyl sites for hydroxylation is 1. The lowest BCUT2D eigenvalue weighted by atomic mass is 10.1. The number of imidazole rings is 3. The number of nitrogens with zero attached hydrogens (tertiary/aromatic N) is 10. The number of pyridine rings is 1. The van der Waals surface area contributed by atoms with Crippen LogP contribution in [0.2, 0.25) is 0 Å². The SMILES string of the molecule is CC(C)C(=O)Nc1ccc([N+](=O)[O-])c(C(F)(F)F)c1.Cn1cnc([N+](=O)[O-])c1Sc1ncnc2nc[nH]c12.NC(=O)c1cccnc1.Nc1nc(=S)c2[nH]cnc2[nH]1. The monoisotopic (exact) mass is 842 g/mol. The van der Waals surface area contributed by atoms with Gasteiger partial charge in [-0.2, -0.15) is 13.2 Å². The molecule has 0 fully saturated rings. The number of nitrogens with one attached hydrogen (secondary N) is 4. The molecule has 6 aromatic heterocycles. The number of nitro benzene ring substituents is 1. The van der Waals surface area contributed by atoms with Gasteiger partial charge in [0.2, 0.25) is 24.1 Å². The molecule has 0 bridgehead atoms. The van der Waals surface area contributed by atoms with E-state index in [9.17, 15) is 43.0 Å². The molecule has 0 saturated carbocycles. The van der Waals surface area contributed by atoms with Gasteiger partial charge in [-0.05, 0) is 45.9 Å². The minimum Gasteiger partial charge on any atom is -0.369 e. The summed E-state index contributed by atoms with van der Waals surface area (Å²) in [5.74, 6) is -1.23. The summed E-state index contributed by atoms with van der Waals surface area (Å²) in [5, 5.41) is 24.7. The van der Waals surface area contributed by atoms with Crippen molar-refractivity contribution in [1.82, 2.24) is 54.4 Å². The Morgan fingerprint density at radius 2 is 1.72 bits per heavy atom. The number of carbonyl (C=O) groups excluding carboxylic acids is 2. The van der Waals surface area contributed by atoms with Gasteiger partial charge in [0.1, 0.15) is 28.0 Å². The molecule has 302 valence electrons. The van der Waals surface area contributed by atoms with Gasteiger partial charge in [-0.1, -0.05) is 26.1 Å². The molecule has 22 nitrogen and oxygen atoms in total. The number of nitrogens with two attached hydrogens (primary N) is 2. The van der Waals surface area contributed by atoms with E-state index in [1.165, 1.54) is 31.5 Å². The predicted molar refractivity (Wildman–Crippen MR) is 203 cm³/mol. The maximum Gasteiger partial charge on any atom is 0.423 e. The van der Waals surface area contributed by atoms with Crippen LogP contribution in [0.4, 0.5) is 36.3 Å². The van der Waals surface area contributed by atoms with E-state index in [-0.39, 0.29) is 17.5 Å². The lowest BCUT2D eigenvalue weighted by molar-refractivity contribution is -0.392. The van der Waals surface area contributed by atoms with E-state index in [1.807, 2.05) is 0 Å². The molecule has 0 unspecified atom stereocenters. The number of alkyl halides is 3. The number of hydrogen-bond donors (Lipinski definition) is 6. The highest BCUT2D eigenvalue weighted by Crippen LogP contribution is 2.38. The second-order valence-electron chi connectivity index (χ2n) is 11.4. The van der Waals surface area contributed by atoms with Crippen molar-refractivity contribution in [3.63, 3.8) is 0 Å². The number of aromatic amines is 3. The molecule has 0 atom stereocenters. The lowest BCUT2D eigenvalue weighted by Gasteiger charge is -2.11. The fourth-order valence-electron chi connectivity index (χ4n) is 4.22. The number of primary amides is 1. The Kier molecular flexibility index (Phi) is 14.1. The van der Waals surface area contributed by atoms with Gasteiger partial charge in [-0.15, -0.1) is 0 Å². The third kappa shape index (κ3) is 11.3. The van der Waals surface area contributed by atoms with Gasteiger partial charge in [0.05, 0.1) is 23.1 Å². The summed E-state index contributed by atoms with van der Waals surface area (Å²) in [5.41, 5.74) is 10.7. The Bertz CT molecular complexity index is 2630. The average molecular weight is 843 g/mol. The summed E-state index contributed by atoms with van der Waals surface area (Å²) >= 11 is 6.06. The number of nitro groups is 2. The van der Waals surface area contributed by atoms with E-state index >= 15 is 0 Å². The maximum atomic E-state index is 12.7. The Labute approximate surface area is 331 Å². The van der Waals surface area contributed by atoms with Crippen LogP contribution in [0, 0.1) is 30.8 Å². The molecule has 0 spiro atoms. The van der Waals surface area contributed by atoms with Crippen LogP contribution in [-0.4, -0.2) is 76.1 Å². The zero-order chi connectivity index (χ0) is 42.7. The van der Waals surface area contributed by atoms with Gasteiger partial charge in [0.25, 0.3) is 5.69 Å². The standard InChI is InChI=1S/C11H11F3N2O3.C9H7N7O2S.C6H6N2O.C5H5N5S/c1-6(2)10(17)15-7-3-4-9(16(18)19)8(5-7)11(12,13)14;1-15-4-14-7(16(17)18)9(15)19-8-5-6(11-2-10-5)12-3-13-8;7-6(9)5-2-1-3-8-4-5;6-5-9-3-2(4(11)10-5)7-1-8-3/h3-6H,1-2H3,(H,15,17);2-4H,1H3,(H,10,11,12,13);1-4H,(H2,7,9);1H,(H4,6,7,8,9,10,11). The summed E-state index contributed by atoms with van der Waals surface area (Å²) in [6, 6.07) is 5.63. The Balaban J connectivity index is 0.000000179. The van der Waals surface area contributed by atoms with E-state index in [0.717, 1.165) is 23.9 Å². The first-order chi connectivity index (χ1) is 27.4. The van der Waals surface area contributed by atoms with Crippen LogP contribution < -0.4 is 16.8 Å². The number of halogens is 3. The zero-order valence-electron chi connectivity index (χ0n) is 30.0. The Morgan fingerprint density at radius 3 is 2.33 bits per heavy atom. The van der Waals surface area contributed by atoms with E-state index in [4.69, 9.17) is 23.7 Å². The molecule has 1 aromatic carbocycles. The molecule has 0 saturated heterocycles. The van der Waals surface area contributed by atoms with Crippen molar-refractivity contribution in [3.8, 4) is 0 Å². The second kappa shape index (κ2) is 18.9. The fourth-order valence-corrected chi connectivity index (χ4v) is 5.42. The molecule has 0 aliphatic heterocycles. The molecule has 0 aliphatic carbocycles. The minimum absolute atomic E-state index is 0.128. The molecule has 6 heterocycles. The van der Waals surface area contributed by atoms with Gasteiger partial charge in [0.15, 0.2) is 21.0 Å². The van der Waals surface area contributed by atoms with Gasteiger partial charge in [-0.3, -0.25) is 24.7 Å². The third-order valence-electron chi connectivity index (χ3n) is 6.98. The highest BCUT2D eigenvalue weighted by atomic mass is 32.2. The Morgan fingerprint density at radius 1 is 1.02 bits per heavy atom. The number of hydrogen-bond acceptors (Lipinski definition) is 16. The summed E-state index contributed by atoms with van der Waals surface area (Å²) in [4.78, 5) is 77.4. The van der Waals surface area contributed by atoms with Crippen LogP contribution in [-0.2, 0) is 18.0 Å². The summed E-state index contributed by atoms with van der Waals surface area (Å²) < 4.78 is 40.0. The number of aromatic nitrogens is 11. The van der Waals surface area contributed by atoms with Gasteiger partial charge >= 0.3 is 12.0 Å². The highest BCUT2D eigenvalue weighted by Gasteiger charge is 2.38. The summed E-state index contributed by atoms with van der Waals surface area (Å²) in [7, 11) is 1.69. The first-order valence-corrected chi connectivity index (χ1v) is 17.1. The average Bonchev–Trinajstić information content (AvgIpc) is 3.93. The van der Waals surface area contributed by atoms with Crippen LogP contribution in [0.15, 0.2) is 78.1 Å². The quantitative estimate of drug-likeness (QED) is 0.0524. The topological polar surface area (TPSA) is 327 Å². The van der Waals surface area contributed by atoms with Crippen LogP contribution in [0.3, 0.4) is 0 Å². The molecule has 0 radical (unpaired) electrons. The van der Waals surface area contributed by atoms with Gasteiger partial charge in [0, 0.05) is 37.1 Å². The van der Waals surface area contributed by atoms with Crippen LogP contribution >= 0.6 is 24.0 Å². The molecule has 8 N–H and O–H groups in total. The van der Waals surface area contributed by atoms with Crippen molar-refractivity contribution >= 4 is 81.3 Å². The zero-order valence-corrected chi connectivity index (χ0v) is 31.6. The molecule has 2 amide bonds. The van der Waals surface area contributed by atoms with E-state index in [2.05, 4.69) is 55.2 Å². The van der Waals surface area contributed by atoms with E-state index in [0.29, 0.717) is 48.7 Å². The number of anilines is 2. The van der Waals surface area contributed by atoms with Gasteiger partial charge in [-0.25, -0.2) is 24.9 Å². The predicted octanol–water partition coefficient (Wildman–Crippen LogP) is 5.13. The number of rotatable bonds is 7. The largest absolute Gasteiger partial charge is 0.423 e.